The summed E-state index contributed by atoms with van der Waals surface area (Å²) in [5.74, 6) is 0.456. The number of ether oxygens (including phenoxy) is 1. The molecule has 0 spiro atoms. The molecule has 0 bridgehead atoms. The van der Waals surface area contributed by atoms with Gasteiger partial charge in [0.05, 0.1) is 12.7 Å². The highest BCUT2D eigenvalue weighted by Crippen LogP contribution is 2.25. The SMILES string of the molecule is COc1ccc(Br)cc1C(=O)CCC(=O)N1CCCCC1C(C)N.Cl. The Morgan fingerprint density at radius 3 is 2.72 bits per heavy atom. The maximum absolute atomic E-state index is 12.5. The maximum Gasteiger partial charge on any atom is 0.223 e. The Kier molecular flexibility index (Phi) is 8.89. The molecular weight excluding hydrogens is 408 g/mol. The summed E-state index contributed by atoms with van der Waals surface area (Å²) in [5.41, 5.74) is 6.52. The van der Waals surface area contributed by atoms with E-state index in [1.165, 1.54) is 7.11 Å². The average Bonchev–Trinajstić information content (AvgIpc) is 2.59. The molecule has 5 nitrogen and oxygen atoms in total. The Balaban J connectivity index is 0.00000312. The van der Waals surface area contributed by atoms with Gasteiger partial charge in [-0.2, -0.15) is 0 Å². The average molecular weight is 434 g/mol. The van der Waals surface area contributed by atoms with Gasteiger partial charge >= 0.3 is 0 Å². The molecule has 0 aromatic heterocycles. The quantitative estimate of drug-likeness (QED) is 0.696. The van der Waals surface area contributed by atoms with Crippen LogP contribution in [0.3, 0.4) is 0 Å². The van der Waals surface area contributed by atoms with Crippen LogP contribution in [0.4, 0.5) is 0 Å². The van der Waals surface area contributed by atoms with E-state index in [4.69, 9.17) is 10.5 Å². The van der Waals surface area contributed by atoms with Crippen LogP contribution in [0.1, 0.15) is 49.4 Å². The highest BCUT2D eigenvalue weighted by atomic mass is 79.9. The number of nitrogens with two attached hydrogens (primary N) is 1. The van der Waals surface area contributed by atoms with Crippen molar-refractivity contribution in [2.24, 2.45) is 5.73 Å². The molecule has 2 atom stereocenters. The molecule has 1 aliphatic rings. The van der Waals surface area contributed by atoms with Gasteiger partial charge in [-0.25, -0.2) is 0 Å². The van der Waals surface area contributed by atoms with E-state index in [1.807, 2.05) is 17.9 Å². The molecule has 1 fully saturated rings. The fourth-order valence-corrected chi connectivity index (χ4v) is 3.57. The van der Waals surface area contributed by atoms with Crippen LogP contribution in [0.15, 0.2) is 22.7 Å². The number of Topliss-reactive ketones (excluding diaryl/α,β-unsaturated/α-hetero) is 1. The monoisotopic (exact) mass is 432 g/mol. The minimum Gasteiger partial charge on any atom is -0.496 e. The Morgan fingerprint density at radius 1 is 1.36 bits per heavy atom. The molecule has 1 saturated heterocycles. The Morgan fingerprint density at radius 2 is 2.08 bits per heavy atom. The molecule has 2 rings (SSSR count). The lowest BCUT2D eigenvalue weighted by Crippen LogP contribution is -2.51. The van der Waals surface area contributed by atoms with Crippen molar-refractivity contribution in [3.63, 3.8) is 0 Å². The van der Waals surface area contributed by atoms with Crippen LogP contribution < -0.4 is 10.5 Å². The summed E-state index contributed by atoms with van der Waals surface area (Å²) in [4.78, 5) is 26.9. The molecule has 1 aliphatic heterocycles. The largest absolute Gasteiger partial charge is 0.496 e. The summed E-state index contributed by atoms with van der Waals surface area (Å²) in [6.07, 6.45) is 3.43. The molecular formula is C18H26BrClN2O3. The topological polar surface area (TPSA) is 72.6 Å². The normalized spacial score (nSPS) is 18.2. The Hall–Kier alpha value is -1.11. The Labute approximate surface area is 163 Å². The third-order valence-corrected chi connectivity index (χ3v) is 5.00. The molecule has 2 N–H and O–H groups in total. The van der Waals surface area contributed by atoms with Crippen molar-refractivity contribution in [3.05, 3.63) is 28.2 Å². The number of rotatable bonds is 6. The fourth-order valence-electron chi connectivity index (χ4n) is 3.21. The molecule has 1 aromatic carbocycles. The zero-order valence-corrected chi connectivity index (χ0v) is 17.1. The standard InChI is InChI=1S/C18H25BrN2O3.ClH/c1-12(20)15-5-3-4-10-21(15)18(23)9-7-16(22)14-11-13(19)6-8-17(14)24-2;/h6,8,11-12,15H,3-5,7,9-10,20H2,1-2H3;1H. The summed E-state index contributed by atoms with van der Waals surface area (Å²) in [6, 6.07) is 5.34. The number of likely N-dealkylation sites (tertiary alicyclic amines) is 1. The van der Waals surface area contributed by atoms with Gasteiger partial charge in [0.2, 0.25) is 5.91 Å². The second-order valence-electron chi connectivity index (χ2n) is 6.28. The third kappa shape index (κ3) is 5.69. The number of amides is 1. The van der Waals surface area contributed by atoms with Crippen molar-refractivity contribution in [1.29, 1.82) is 0 Å². The van der Waals surface area contributed by atoms with Gasteiger partial charge in [-0.3, -0.25) is 9.59 Å². The van der Waals surface area contributed by atoms with Gasteiger partial charge in [0.1, 0.15) is 5.75 Å². The molecule has 7 heteroatoms. The van der Waals surface area contributed by atoms with E-state index < -0.39 is 0 Å². The minimum atomic E-state index is -0.0872. The first-order valence-electron chi connectivity index (χ1n) is 8.36. The summed E-state index contributed by atoms with van der Waals surface area (Å²) in [6.45, 7) is 2.67. The van der Waals surface area contributed by atoms with Crippen LogP contribution in [0, 0.1) is 0 Å². The number of hydrogen-bond acceptors (Lipinski definition) is 4. The number of carbonyl (C=O) groups excluding carboxylic acids is 2. The number of carbonyl (C=O) groups is 2. The molecule has 0 radical (unpaired) electrons. The first-order chi connectivity index (χ1) is 11.4. The highest BCUT2D eigenvalue weighted by molar-refractivity contribution is 9.10. The van der Waals surface area contributed by atoms with Gasteiger partial charge in [-0.15, -0.1) is 12.4 Å². The van der Waals surface area contributed by atoms with E-state index in [0.717, 1.165) is 30.3 Å². The van der Waals surface area contributed by atoms with Crippen molar-refractivity contribution in [2.45, 2.75) is 51.1 Å². The summed E-state index contributed by atoms with van der Waals surface area (Å²) in [5, 5.41) is 0. The molecule has 0 aliphatic carbocycles. The van der Waals surface area contributed by atoms with Crippen molar-refractivity contribution in [1.82, 2.24) is 4.90 Å². The van der Waals surface area contributed by atoms with Crippen molar-refractivity contribution in [3.8, 4) is 5.75 Å². The lowest BCUT2D eigenvalue weighted by Gasteiger charge is -2.38. The summed E-state index contributed by atoms with van der Waals surface area (Å²) in [7, 11) is 1.53. The van der Waals surface area contributed by atoms with E-state index >= 15 is 0 Å². The number of methoxy groups -OCH3 is 1. The zero-order valence-electron chi connectivity index (χ0n) is 14.7. The van der Waals surface area contributed by atoms with Crippen LogP contribution >= 0.6 is 28.3 Å². The fraction of sp³-hybridized carbons (Fsp3) is 0.556. The van der Waals surface area contributed by atoms with E-state index in [-0.39, 0.29) is 49.0 Å². The van der Waals surface area contributed by atoms with Gasteiger partial charge in [0.15, 0.2) is 5.78 Å². The van der Waals surface area contributed by atoms with Gasteiger partial charge in [-0.1, -0.05) is 15.9 Å². The molecule has 1 aromatic rings. The second-order valence-corrected chi connectivity index (χ2v) is 7.19. The van der Waals surface area contributed by atoms with Gasteiger partial charge in [0.25, 0.3) is 0 Å². The zero-order chi connectivity index (χ0) is 17.7. The predicted octanol–water partition coefficient (Wildman–Crippen LogP) is 3.57. The van der Waals surface area contributed by atoms with Crippen molar-refractivity contribution >= 4 is 40.0 Å². The molecule has 1 heterocycles. The first-order valence-corrected chi connectivity index (χ1v) is 9.15. The third-order valence-electron chi connectivity index (χ3n) is 4.50. The maximum atomic E-state index is 12.5. The van der Waals surface area contributed by atoms with Crippen LogP contribution in [-0.4, -0.2) is 42.3 Å². The Bertz CT molecular complexity index is 610. The van der Waals surface area contributed by atoms with Crippen LogP contribution in [0.25, 0.3) is 0 Å². The molecule has 25 heavy (non-hydrogen) atoms. The lowest BCUT2D eigenvalue weighted by atomic mass is 9.96. The van der Waals surface area contributed by atoms with Crippen molar-refractivity contribution in [2.75, 3.05) is 13.7 Å². The number of benzene rings is 1. The number of halogens is 2. The first kappa shape index (κ1) is 21.9. The predicted molar refractivity (Wildman–Crippen MR) is 105 cm³/mol. The van der Waals surface area contributed by atoms with E-state index in [0.29, 0.717) is 11.3 Å². The second kappa shape index (κ2) is 10.1. The molecule has 140 valence electrons. The summed E-state index contributed by atoms with van der Waals surface area (Å²) >= 11 is 3.36. The number of ketones is 1. The van der Waals surface area contributed by atoms with Crippen LogP contribution in [0.5, 0.6) is 5.75 Å². The molecule has 0 saturated carbocycles. The minimum absolute atomic E-state index is 0. The van der Waals surface area contributed by atoms with Crippen molar-refractivity contribution < 1.29 is 14.3 Å². The van der Waals surface area contributed by atoms with Crippen LogP contribution in [-0.2, 0) is 4.79 Å². The van der Waals surface area contributed by atoms with E-state index in [1.54, 1.807) is 12.1 Å². The number of piperidine rings is 1. The van der Waals surface area contributed by atoms with Gasteiger partial charge < -0.3 is 15.4 Å². The summed E-state index contributed by atoms with van der Waals surface area (Å²) < 4.78 is 6.05. The highest BCUT2D eigenvalue weighted by Gasteiger charge is 2.29. The number of hydrogen-bond donors (Lipinski definition) is 1. The van der Waals surface area contributed by atoms with Gasteiger partial charge in [-0.05, 0) is 44.4 Å². The van der Waals surface area contributed by atoms with Crippen LogP contribution in [0.2, 0.25) is 0 Å². The molecule has 2 unspecified atom stereocenters. The lowest BCUT2D eigenvalue weighted by molar-refractivity contribution is -0.135. The van der Waals surface area contributed by atoms with E-state index in [2.05, 4.69) is 15.9 Å². The number of nitrogens with zero attached hydrogens (tertiary/aromatic N) is 1. The van der Waals surface area contributed by atoms with E-state index in [9.17, 15) is 9.59 Å². The van der Waals surface area contributed by atoms with Gasteiger partial charge in [0, 0.05) is 35.9 Å². The smallest absolute Gasteiger partial charge is 0.223 e. The molecule has 1 amide bonds.